The molecule has 0 spiro atoms. The minimum atomic E-state index is -0.411. The van der Waals surface area contributed by atoms with E-state index in [-0.39, 0.29) is 5.41 Å². The van der Waals surface area contributed by atoms with Gasteiger partial charge in [0.2, 0.25) is 0 Å². The van der Waals surface area contributed by atoms with E-state index in [0.717, 1.165) is 32.1 Å². The zero-order chi connectivity index (χ0) is 14.9. The van der Waals surface area contributed by atoms with Gasteiger partial charge in [-0.3, -0.25) is 4.79 Å². The summed E-state index contributed by atoms with van der Waals surface area (Å²) in [5, 5.41) is 11.6. The third kappa shape index (κ3) is 1.72. The van der Waals surface area contributed by atoms with E-state index in [1.807, 2.05) is 0 Å². The Hall–Kier alpha value is -0.370. The predicted octanol–water partition coefficient (Wildman–Crippen LogP) is 4.10. The molecular formula is C19H30O2. The molecule has 0 saturated heterocycles. The van der Waals surface area contributed by atoms with E-state index >= 15 is 0 Å². The highest BCUT2D eigenvalue weighted by molar-refractivity contribution is 5.79. The second kappa shape index (κ2) is 4.34. The molecule has 0 aromatic carbocycles. The monoisotopic (exact) mass is 290 g/mol. The summed E-state index contributed by atoms with van der Waals surface area (Å²) >= 11 is 0. The molecule has 6 atom stereocenters. The third-order valence-electron chi connectivity index (χ3n) is 8.46. The predicted molar refractivity (Wildman–Crippen MR) is 82.8 cm³/mol. The van der Waals surface area contributed by atoms with E-state index in [1.54, 1.807) is 0 Å². The lowest BCUT2D eigenvalue weighted by Crippen LogP contribution is -2.61. The molecule has 2 nitrogen and oxygen atoms in total. The maximum absolute atomic E-state index is 11.9. The molecule has 2 heteroatoms. The van der Waals surface area contributed by atoms with Gasteiger partial charge >= 0.3 is 0 Å². The average molecular weight is 290 g/mol. The van der Waals surface area contributed by atoms with Crippen LogP contribution in [-0.2, 0) is 4.79 Å². The lowest BCUT2D eigenvalue weighted by atomic mass is 9.44. The van der Waals surface area contributed by atoms with Gasteiger partial charge < -0.3 is 5.11 Å². The molecule has 4 fully saturated rings. The van der Waals surface area contributed by atoms with Crippen LogP contribution in [-0.4, -0.2) is 16.5 Å². The number of carbonyl (C=O) groups excluding carboxylic acids is 1. The number of carbonyl (C=O) groups is 1. The summed E-state index contributed by atoms with van der Waals surface area (Å²) in [6.45, 7) is 4.79. The van der Waals surface area contributed by atoms with Crippen molar-refractivity contribution in [2.45, 2.75) is 83.7 Å². The second-order valence-electron chi connectivity index (χ2n) is 9.11. The first-order valence-corrected chi connectivity index (χ1v) is 9.13. The van der Waals surface area contributed by atoms with Crippen LogP contribution in [0.1, 0.15) is 78.1 Å². The Labute approximate surface area is 128 Å². The normalized spacial score (nSPS) is 56.5. The first-order chi connectivity index (χ1) is 9.89. The minimum Gasteiger partial charge on any atom is -0.389 e. The van der Waals surface area contributed by atoms with Crippen molar-refractivity contribution in [3.05, 3.63) is 0 Å². The van der Waals surface area contributed by atoms with Crippen LogP contribution >= 0.6 is 0 Å². The smallest absolute Gasteiger partial charge is 0.133 e. The molecule has 4 rings (SSSR count). The highest BCUT2D eigenvalue weighted by atomic mass is 16.3. The summed E-state index contributed by atoms with van der Waals surface area (Å²) < 4.78 is 0. The summed E-state index contributed by atoms with van der Waals surface area (Å²) in [7, 11) is 0. The molecule has 0 heterocycles. The van der Waals surface area contributed by atoms with Crippen molar-refractivity contribution in [3.8, 4) is 0 Å². The van der Waals surface area contributed by atoms with Gasteiger partial charge in [-0.05, 0) is 80.0 Å². The maximum Gasteiger partial charge on any atom is 0.133 e. The number of aliphatic hydroxyl groups is 1. The lowest BCUT2D eigenvalue weighted by Gasteiger charge is -2.62. The van der Waals surface area contributed by atoms with Gasteiger partial charge in [-0.15, -0.1) is 0 Å². The molecule has 21 heavy (non-hydrogen) atoms. The Morgan fingerprint density at radius 3 is 2.62 bits per heavy atom. The van der Waals surface area contributed by atoms with Gasteiger partial charge in [0, 0.05) is 12.8 Å². The third-order valence-corrected chi connectivity index (χ3v) is 8.46. The Kier molecular flexibility index (Phi) is 2.94. The van der Waals surface area contributed by atoms with Crippen LogP contribution in [0, 0.1) is 28.6 Å². The average Bonchev–Trinajstić information content (AvgIpc) is 2.75. The van der Waals surface area contributed by atoms with E-state index in [0.29, 0.717) is 29.0 Å². The van der Waals surface area contributed by atoms with Gasteiger partial charge in [0.15, 0.2) is 0 Å². The van der Waals surface area contributed by atoms with E-state index < -0.39 is 5.60 Å². The molecule has 0 bridgehead atoms. The fourth-order valence-corrected chi connectivity index (χ4v) is 7.00. The second-order valence-corrected chi connectivity index (χ2v) is 9.11. The molecule has 4 aliphatic rings. The van der Waals surface area contributed by atoms with Crippen LogP contribution in [0.3, 0.4) is 0 Å². The number of fused-ring (bicyclic) bond motifs is 5. The van der Waals surface area contributed by atoms with Crippen LogP contribution in [0.2, 0.25) is 0 Å². The zero-order valence-corrected chi connectivity index (χ0v) is 13.7. The largest absolute Gasteiger partial charge is 0.389 e. The molecule has 0 radical (unpaired) electrons. The molecule has 4 saturated carbocycles. The number of rotatable bonds is 0. The van der Waals surface area contributed by atoms with Crippen molar-refractivity contribution in [1.29, 1.82) is 0 Å². The Balaban J connectivity index is 1.69. The number of ketones is 1. The fourth-order valence-electron chi connectivity index (χ4n) is 7.00. The van der Waals surface area contributed by atoms with Gasteiger partial charge in [0.1, 0.15) is 5.78 Å². The SMILES string of the molecule is C[C@]12CCC(=O)C[C@@H]1CC[C@@H]1[C@@H]2CC[C@@]2(C)CCC[C@@]12O. The molecule has 0 aromatic rings. The van der Waals surface area contributed by atoms with Gasteiger partial charge in [-0.2, -0.15) is 0 Å². The zero-order valence-electron chi connectivity index (χ0n) is 13.7. The molecule has 0 unspecified atom stereocenters. The van der Waals surface area contributed by atoms with Gasteiger partial charge in [-0.25, -0.2) is 0 Å². The van der Waals surface area contributed by atoms with Gasteiger partial charge in [0.05, 0.1) is 5.60 Å². The van der Waals surface area contributed by atoms with Crippen LogP contribution in [0.15, 0.2) is 0 Å². The summed E-state index contributed by atoms with van der Waals surface area (Å²) in [6, 6.07) is 0. The molecular weight excluding hydrogens is 260 g/mol. The standard InChI is InChI=1S/C19H30O2/c1-17-8-3-9-19(17,21)16-5-4-13-12-14(20)6-11-18(13,2)15(16)7-10-17/h13,15-16,21H,3-12H2,1-2H3/t13-,15-,16+,17+,18-,19+/m0/s1. The van der Waals surface area contributed by atoms with Crippen molar-refractivity contribution in [1.82, 2.24) is 0 Å². The molecule has 1 N–H and O–H groups in total. The lowest BCUT2D eigenvalue weighted by molar-refractivity contribution is -0.197. The Morgan fingerprint density at radius 2 is 1.81 bits per heavy atom. The van der Waals surface area contributed by atoms with Crippen molar-refractivity contribution < 1.29 is 9.90 Å². The van der Waals surface area contributed by atoms with Crippen LogP contribution in [0.4, 0.5) is 0 Å². The van der Waals surface area contributed by atoms with E-state index in [4.69, 9.17) is 0 Å². The summed E-state index contributed by atoms with van der Waals surface area (Å²) in [5.74, 6) is 2.22. The fraction of sp³-hybridized carbons (Fsp3) is 0.947. The molecule has 0 amide bonds. The van der Waals surface area contributed by atoms with E-state index in [1.165, 1.54) is 32.1 Å². The van der Waals surface area contributed by atoms with Gasteiger partial charge in [0.25, 0.3) is 0 Å². The molecule has 118 valence electrons. The van der Waals surface area contributed by atoms with Crippen molar-refractivity contribution in [2.24, 2.45) is 28.6 Å². The van der Waals surface area contributed by atoms with Crippen molar-refractivity contribution in [2.75, 3.05) is 0 Å². The van der Waals surface area contributed by atoms with Gasteiger partial charge in [-0.1, -0.05) is 13.8 Å². The van der Waals surface area contributed by atoms with E-state index in [2.05, 4.69) is 13.8 Å². The Bertz CT molecular complexity index is 472. The van der Waals surface area contributed by atoms with Crippen LogP contribution in [0.25, 0.3) is 0 Å². The van der Waals surface area contributed by atoms with Crippen molar-refractivity contribution in [3.63, 3.8) is 0 Å². The maximum atomic E-state index is 11.9. The Morgan fingerprint density at radius 1 is 1.00 bits per heavy atom. The van der Waals surface area contributed by atoms with Crippen molar-refractivity contribution >= 4 is 5.78 Å². The molecule has 4 aliphatic carbocycles. The number of hydrogen-bond donors (Lipinski definition) is 1. The van der Waals surface area contributed by atoms with E-state index in [9.17, 15) is 9.90 Å². The first-order valence-electron chi connectivity index (χ1n) is 9.13. The van der Waals surface area contributed by atoms with Crippen LogP contribution in [0.5, 0.6) is 0 Å². The minimum absolute atomic E-state index is 0.169. The highest BCUT2D eigenvalue weighted by Crippen LogP contribution is 2.67. The summed E-state index contributed by atoms with van der Waals surface area (Å²) in [4.78, 5) is 11.9. The highest BCUT2D eigenvalue weighted by Gasteiger charge is 2.64. The number of Topliss-reactive ketones (excluding diaryl/α,β-unsaturated/α-hetero) is 1. The first kappa shape index (κ1) is 14.2. The van der Waals surface area contributed by atoms with Crippen LogP contribution < -0.4 is 0 Å². The number of hydrogen-bond acceptors (Lipinski definition) is 2. The summed E-state index contributed by atoms with van der Waals surface area (Å²) in [6.07, 6.45) is 10.9. The molecule has 0 aliphatic heterocycles. The summed E-state index contributed by atoms with van der Waals surface area (Å²) in [5.41, 5.74) is 0.0731. The topological polar surface area (TPSA) is 37.3 Å². The molecule has 0 aromatic heterocycles. The quantitative estimate of drug-likeness (QED) is 0.729.